The summed E-state index contributed by atoms with van der Waals surface area (Å²) >= 11 is 1.48. The molecule has 0 spiro atoms. The number of hydrogen-bond acceptors (Lipinski definition) is 4. The second-order valence-corrected chi connectivity index (χ2v) is 5.20. The minimum absolute atomic E-state index is 0.512. The van der Waals surface area contributed by atoms with E-state index in [1.54, 1.807) is 13.3 Å². The number of hydrogen-bond donors (Lipinski definition) is 1. The van der Waals surface area contributed by atoms with E-state index in [9.17, 15) is 5.11 Å². The lowest BCUT2D eigenvalue weighted by Gasteiger charge is -1.99. The summed E-state index contributed by atoms with van der Waals surface area (Å²) < 4.78 is 1.99. The number of rotatable bonds is 2. The van der Waals surface area contributed by atoms with Gasteiger partial charge in [-0.2, -0.15) is 0 Å². The summed E-state index contributed by atoms with van der Waals surface area (Å²) in [6.07, 6.45) is 1.29. The Bertz CT molecular complexity index is 699. The van der Waals surface area contributed by atoms with E-state index in [1.165, 1.54) is 11.3 Å². The third-order valence-electron chi connectivity index (χ3n) is 2.90. The summed E-state index contributed by atoms with van der Waals surface area (Å²) in [4.78, 5) is 8.76. The molecule has 1 atom stereocenters. The molecule has 2 aromatic heterocycles. The number of aliphatic hydroxyl groups is 1. The van der Waals surface area contributed by atoms with Crippen LogP contribution in [0.2, 0.25) is 0 Å². The molecule has 5 heteroatoms. The first-order chi connectivity index (χ1) is 8.65. The minimum Gasteiger partial charge on any atom is -0.386 e. The van der Waals surface area contributed by atoms with Crippen LogP contribution in [0, 0.1) is 0 Å². The zero-order valence-electron chi connectivity index (χ0n) is 10.2. The SMILES string of the molecule is CC(O)c1nc(-c2ccc3c(c2)ncn3C)cs1. The van der Waals surface area contributed by atoms with Crippen molar-refractivity contribution < 1.29 is 5.11 Å². The maximum Gasteiger partial charge on any atom is 0.122 e. The Morgan fingerprint density at radius 1 is 1.39 bits per heavy atom. The van der Waals surface area contributed by atoms with Gasteiger partial charge in [-0.3, -0.25) is 0 Å². The molecular weight excluding hydrogens is 246 g/mol. The number of aromatic nitrogens is 3. The Hall–Kier alpha value is -1.72. The molecule has 4 nitrogen and oxygen atoms in total. The largest absolute Gasteiger partial charge is 0.386 e. The van der Waals surface area contributed by atoms with E-state index in [1.807, 2.05) is 35.2 Å². The van der Waals surface area contributed by atoms with Crippen molar-refractivity contribution in [1.82, 2.24) is 14.5 Å². The average Bonchev–Trinajstić information content (AvgIpc) is 2.96. The molecular formula is C13H13N3OS. The minimum atomic E-state index is -0.512. The van der Waals surface area contributed by atoms with Crippen molar-refractivity contribution in [3.63, 3.8) is 0 Å². The molecule has 1 aromatic carbocycles. The van der Waals surface area contributed by atoms with Gasteiger partial charge in [0.25, 0.3) is 0 Å². The highest BCUT2D eigenvalue weighted by Crippen LogP contribution is 2.27. The number of benzene rings is 1. The Labute approximate surface area is 109 Å². The van der Waals surface area contributed by atoms with Gasteiger partial charge in [-0.05, 0) is 19.1 Å². The van der Waals surface area contributed by atoms with Crippen LogP contribution in [0.25, 0.3) is 22.3 Å². The topological polar surface area (TPSA) is 50.9 Å². The number of nitrogens with zero attached hydrogens (tertiary/aromatic N) is 3. The smallest absolute Gasteiger partial charge is 0.122 e. The predicted molar refractivity (Wildman–Crippen MR) is 72.5 cm³/mol. The molecule has 0 fully saturated rings. The van der Waals surface area contributed by atoms with E-state index in [4.69, 9.17) is 0 Å². The van der Waals surface area contributed by atoms with Gasteiger partial charge in [-0.25, -0.2) is 9.97 Å². The summed E-state index contributed by atoms with van der Waals surface area (Å²) in [5, 5.41) is 12.2. The molecule has 0 amide bonds. The summed E-state index contributed by atoms with van der Waals surface area (Å²) in [5.74, 6) is 0. The fraction of sp³-hybridized carbons (Fsp3) is 0.231. The molecule has 0 aliphatic carbocycles. The molecule has 2 heterocycles. The van der Waals surface area contributed by atoms with Crippen molar-refractivity contribution in [3.8, 4) is 11.3 Å². The Balaban J connectivity index is 2.07. The van der Waals surface area contributed by atoms with Gasteiger partial charge in [-0.15, -0.1) is 11.3 Å². The van der Waals surface area contributed by atoms with Crippen LogP contribution in [0.5, 0.6) is 0 Å². The monoisotopic (exact) mass is 259 g/mol. The van der Waals surface area contributed by atoms with Crippen LogP contribution in [0.3, 0.4) is 0 Å². The van der Waals surface area contributed by atoms with Crippen molar-refractivity contribution in [3.05, 3.63) is 34.9 Å². The second kappa shape index (κ2) is 4.19. The van der Waals surface area contributed by atoms with Crippen molar-refractivity contribution in [1.29, 1.82) is 0 Å². The highest BCUT2D eigenvalue weighted by atomic mass is 32.1. The van der Waals surface area contributed by atoms with Crippen molar-refractivity contribution >= 4 is 22.4 Å². The Morgan fingerprint density at radius 2 is 2.22 bits per heavy atom. The van der Waals surface area contributed by atoms with Crippen LogP contribution in [-0.2, 0) is 7.05 Å². The molecule has 0 aliphatic rings. The number of aryl methyl sites for hydroxylation is 1. The molecule has 0 aliphatic heterocycles. The van der Waals surface area contributed by atoms with Crippen LogP contribution < -0.4 is 0 Å². The van der Waals surface area contributed by atoms with Crippen LogP contribution in [-0.4, -0.2) is 19.6 Å². The standard InChI is InChI=1S/C13H13N3OS/c1-8(17)13-15-11(6-18-13)9-3-4-12-10(5-9)14-7-16(12)2/h3-8,17H,1-2H3. The zero-order chi connectivity index (χ0) is 12.7. The number of imidazole rings is 1. The quantitative estimate of drug-likeness (QED) is 0.770. The van der Waals surface area contributed by atoms with Gasteiger partial charge in [-0.1, -0.05) is 6.07 Å². The normalized spacial score (nSPS) is 13.1. The average molecular weight is 259 g/mol. The van der Waals surface area contributed by atoms with Crippen molar-refractivity contribution in [2.24, 2.45) is 7.05 Å². The molecule has 0 bridgehead atoms. The number of aliphatic hydroxyl groups excluding tert-OH is 1. The zero-order valence-corrected chi connectivity index (χ0v) is 11.0. The molecule has 1 unspecified atom stereocenters. The van der Waals surface area contributed by atoms with E-state index in [2.05, 4.69) is 9.97 Å². The van der Waals surface area contributed by atoms with Crippen LogP contribution in [0.15, 0.2) is 29.9 Å². The number of fused-ring (bicyclic) bond motifs is 1. The highest BCUT2D eigenvalue weighted by Gasteiger charge is 2.09. The maximum atomic E-state index is 9.49. The van der Waals surface area contributed by atoms with Gasteiger partial charge in [0.05, 0.1) is 23.1 Å². The predicted octanol–water partition coefficient (Wildman–Crippen LogP) is 2.75. The van der Waals surface area contributed by atoms with Gasteiger partial charge in [0.2, 0.25) is 0 Å². The van der Waals surface area contributed by atoms with Crippen LogP contribution >= 0.6 is 11.3 Å². The summed E-state index contributed by atoms with van der Waals surface area (Å²) in [6.45, 7) is 1.73. The van der Waals surface area contributed by atoms with E-state index >= 15 is 0 Å². The lowest BCUT2D eigenvalue weighted by molar-refractivity contribution is 0.199. The summed E-state index contributed by atoms with van der Waals surface area (Å²) in [5.41, 5.74) is 3.99. The van der Waals surface area contributed by atoms with E-state index in [-0.39, 0.29) is 0 Å². The van der Waals surface area contributed by atoms with Crippen LogP contribution in [0.4, 0.5) is 0 Å². The fourth-order valence-corrected chi connectivity index (χ4v) is 2.68. The van der Waals surface area contributed by atoms with Gasteiger partial charge in [0.15, 0.2) is 0 Å². The third-order valence-corrected chi connectivity index (χ3v) is 3.92. The van der Waals surface area contributed by atoms with Gasteiger partial charge >= 0.3 is 0 Å². The van der Waals surface area contributed by atoms with Crippen LogP contribution in [0.1, 0.15) is 18.0 Å². The molecule has 3 aromatic rings. The first-order valence-electron chi connectivity index (χ1n) is 5.70. The van der Waals surface area contributed by atoms with Crippen molar-refractivity contribution in [2.75, 3.05) is 0 Å². The van der Waals surface area contributed by atoms with Gasteiger partial charge < -0.3 is 9.67 Å². The third kappa shape index (κ3) is 1.81. The lowest BCUT2D eigenvalue weighted by Crippen LogP contribution is -1.89. The molecule has 3 rings (SSSR count). The Morgan fingerprint density at radius 3 is 2.94 bits per heavy atom. The summed E-state index contributed by atoms with van der Waals surface area (Å²) in [6, 6.07) is 6.10. The van der Waals surface area contributed by atoms with E-state index in [0.29, 0.717) is 0 Å². The van der Waals surface area contributed by atoms with Gasteiger partial charge in [0, 0.05) is 18.0 Å². The molecule has 0 saturated heterocycles. The maximum absolute atomic E-state index is 9.49. The lowest BCUT2D eigenvalue weighted by atomic mass is 10.1. The molecule has 92 valence electrons. The first kappa shape index (κ1) is 11.4. The van der Waals surface area contributed by atoms with Crippen molar-refractivity contribution in [2.45, 2.75) is 13.0 Å². The number of thiazole rings is 1. The molecule has 0 saturated carbocycles. The van der Waals surface area contributed by atoms with Gasteiger partial charge in [0.1, 0.15) is 11.1 Å². The van der Waals surface area contributed by atoms with E-state index < -0.39 is 6.10 Å². The summed E-state index contributed by atoms with van der Waals surface area (Å²) in [7, 11) is 1.98. The molecule has 18 heavy (non-hydrogen) atoms. The molecule has 1 N–H and O–H groups in total. The second-order valence-electron chi connectivity index (χ2n) is 4.31. The Kier molecular flexibility index (Phi) is 2.65. The fourth-order valence-electron chi connectivity index (χ4n) is 1.91. The van der Waals surface area contributed by atoms with E-state index in [0.717, 1.165) is 27.3 Å². The highest BCUT2D eigenvalue weighted by molar-refractivity contribution is 7.10. The molecule has 0 radical (unpaired) electrons. The first-order valence-corrected chi connectivity index (χ1v) is 6.58.